The molecule has 4 N–H and O–H groups in total. The zero-order valence-electron chi connectivity index (χ0n) is 8.11. The summed E-state index contributed by atoms with van der Waals surface area (Å²) in [7, 11) is -11.4. The van der Waals surface area contributed by atoms with Crippen LogP contribution >= 0.6 is 15.2 Å². The van der Waals surface area contributed by atoms with Crippen molar-refractivity contribution in [3.8, 4) is 0 Å². The lowest BCUT2D eigenvalue weighted by Gasteiger charge is -2.18. The van der Waals surface area contributed by atoms with E-state index in [1.54, 1.807) is 0 Å². The zero-order valence-corrected chi connectivity index (χ0v) is 10.9. The van der Waals surface area contributed by atoms with Crippen LogP contribution in [0.3, 0.4) is 0 Å². The second-order valence-electron chi connectivity index (χ2n) is 3.25. The van der Waals surface area contributed by atoms with Gasteiger partial charge in [0.15, 0.2) is 5.40 Å². The third-order valence-electron chi connectivity index (χ3n) is 1.77. The van der Waals surface area contributed by atoms with E-state index in [2.05, 4.69) is 0 Å². The van der Waals surface area contributed by atoms with Crippen LogP contribution in [0.4, 0.5) is 0 Å². The van der Waals surface area contributed by atoms with Crippen molar-refractivity contribution in [2.75, 3.05) is 0 Å². The van der Waals surface area contributed by atoms with Gasteiger partial charge < -0.3 is 24.0 Å². The molecule has 0 saturated heterocycles. The molecule has 10 heteroatoms. The van der Waals surface area contributed by atoms with Crippen LogP contribution in [0.1, 0.15) is 12.8 Å². The van der Waals surface area contributed by atoms with Crippen LogP contribution in [0, 0.1) is 0 Å². The van der Waals surface area contributed by atoms with Gasteiger partial charge in [0.1, 0.15) is 0 Å². The number of hydrogen-bond donors (Lipinski definition) is 4. The molecule has 0 aromatic heterocycles. The van der Waals surface area contributed by atoms with E-state index < -0.39 is 29.3 Å². The van der Waals surface area contributed by atoms with Crippen molar-refractivity contribution >= 4 is 23.9 Å². The minimum absolute atomic E-state index is 0.134. The van der Waals surface area contributed by atoms with Crippen molar-refractivity contribution in [3.05, 3.63) is 0 Å². The van der Waals surface area contributed by atoms with Gasteiger partial charge in [-0.15, -0.1) is 0 Å². The van der Waals surface area contributed by atoms with Crippen molar-refractivity contribution < 1.29 is 33.2 Å². The molecule has 0 saturated carbocycles. The molecule has 0 bridgehead atoms. The van der Waals surface area contributed by atoms with Crippen molar-refractivity contribution in [1.82, 2.24) is 0 Å². The highest BCUT2D eigenvalue weighted by Crippen LogP contribution is 2.61. The molecule has 0 fully saturated rings. The maximum atomic E-state index is 10.8. The summed E-state index contributed by atoms with van der Waals surface area (Å²) >= 11 is 0. The van der Waals surface area contributed by atoms with E-state index >= 15 is 0 Å². The lowest BCUT2D eigenvalue weighted by molar-refractivity contribution is 0.335. The molecule has 0 aliphatic carbocycles. The van der Waals surface area contributed by atoms with Gasteiger partial charge in [0.05, 0.1) is 0 Å². The van der Waals surface area contributed by atoms with Gasteiger partial charge in [0, 0.05) is 0 Å². The smallest absolute Gasteiger partial charge is 0.340 e. The molecule has 0 unspecified atom stereocenters. The third-order valence-corrected chi connectivity index (χ3v) is 6.70. The lowest BCUT2D eigenvalue weighted by Crippen LogP contribution is -2.09. The van der Waals surface area contributed by atoms with Crippen LogP contribution in [0.5, 0.6) is 0 Å². The molecular weight excluding hydrogens is 262 g/mol. The third kappa shape index (κ3) is 6.47. The van der Waals surface area contributed by atoms with Gasteiger partial charge in [-0.05, 0) is 25.4 Å². The fraction of sp³-hybridized carbons (Fsp3) is 1.00. The minimum Gasteiger partial charge on any atom is -0.389 e. The second kappa shape index (κ2) is 5.59. The SMILES string of the molecule is C[Si](=O)CCCC(P(=O)(O)O)P(=O)(O)O. The summed E-state index contributed by atoms with van der Waals surface area (Å²) in [4.78, 5) is 34.9. The van der Waals surface area contributed by atoms with Crippen LogP contribution in [0.2, 0.25) is 12.6 Å². The van der Waals surface area contributed by atoms with Gasteiger partial charge in [-0.3, -0.25) is 9.13 Å². The molecule has 0 aliphatic rings. The van der Waals surface area contributed by atoms with E-state index in [9.17, 15) is 13.6 Å². The van der Waals surface area contributed by atoms with Crippen molar-refractivity contribution in [2.24, 2.45) is 0 Å². The summed E-state index contributed by atoms with van der Waals surface area (Å²) in [6.07, 6.45) is -0.187. The predicted molar refractivity (Wildman–Crippen MR) is 54.2 cm³/mol. The number of hydrogen-bond acceptors (Lipinski definition) is 3. The topological polar surface area (TPSA) is 132 Å². The Balaban J connectivity index is 4.50. The molecule has 0 aromatic rings. The van der Waals surface area contributed by atoms with E-state index in [1.807, 2.05) is 0 Å². The maximum Gasteiger partial charge on any atom is 0.340 e. The Kier molecular flexibility index (Phi) is 5.71. The summed E-state index contributed by atoms with van der Waals surface area (Å²) in [5, 5.41) is -1.97. The van der Waals surface area contributed by atoms with Crippen LogP contribution in [0.25, 0.3) is 0 Å². The van der Waals surface area contributed by atoms with E-state index in [4.69, 9.17) is 19.6 Å². The molecule has 0 atom stereocenters. The Morgan fingerprint density at radius 3 is 1.80 bits per heavy atom. The lowest BCUT2D eigenvalue weighted by atomic mass is 10.4. The van der Waals surface area contributed by atoms with Gasteiger partial charge in [-0.1, -0.05) is 0 Å². The molecule has 15 heavy (non-hydrogen) atoms. The molecule has 0 radical (unpaired) electrons. The quantitative estimate of drug-likeness (QED) is 0.410. The average molecular weight is 276 g/mol. The van der Waals surface area contributed by atoms with E-state index in [0.717, 1.165) is 0 Å². The molecular formula is C5H14O7P2Si. The molecule has 0 amide bonds. The Morgan fingerprint density at radius 2 is 1.53 bits per heavy atom. The Hall–Kier alpha value is 0.317. The first kappa shape index (κ1) is 15.3. The first-order chi connectivity index (χ1) is 6.55. The highest BCUT2D eigenvalue weighted by atomic mass is 31.2. The van der Waals surface area contributed by atoms with E-state index in [0.29, 0.717) is 0 Å². The summed E-state index contributed by atoms with van der Waals surface area (Å²) in [6, 6.07) is 0.237. The van der Waals surface area contributed by atoms with Crippen LogP contribution in [0.15, 0.2) is 0 Å². The standard InChI is InChI=1S/C5H14O7P2Si/c1-15(12)4-2-3-5(13(6,7)8)14(9,10)11/h5H,2-4H2,1H3,(H2,6,7,8)(H2,9,10,11). The molecule has 90 valence electrons. The van der Waals surface area contributed by atoms with Gasteiger partial charge in [0.25, 0.3) is 8.68 Å². The minimum atomic E-state index is -4.81. The molecule has 0 rings (SSSR count). The highest BCUT2D eigenvalue weighted by Gasteiger charge is 2.42. The first-order valence-corrected chi connectivity index (χ1v) is 9.63. The van der Waals surface area contributed by atoms with E-state index in [1.165, 1.54) is 6.55 Å². The molecule has 0 aromatic carbocycles. The fourth-order valence-corrected chi connectivity index (χ4v) is 4.37. The van der Waals surface area contributed by atoms with Gasteiger partial charge in [0.2, 0.25) is 0 Å². The summed E-state index contributed by atoms with van der Waals surface area (Å²) < 4.78 is 32.3. The zero-order chi connectivity index (χ0) is 12.3. The molecule has 0 heterocycles. The molecule has 0 spiro atoms. The first-order valence-electron chi connectivity index (χ1n) is 4.15. The average Bonchev–Trinajstić information content (AvgIpc) is 1.92. The van der Waals surface area contributed by atoms with Gasteiger partial charge in [-0.2, -0.15) is 0 Å². The maximum absolute atomic E-state index is 10.8. The molecule has 0 aliphatic heterocycles. The van der Waals surface area contributed by atoms with E-state index in [-0.39, 0.29) is 18.9 Å². The molecule has 7 nitrogen and oxygen atoms in total. The second-order valence-corrected chi connectivity index (χ2v) is 9.17. The largest absolute Gasteiger partial charge is 0.389 e. The van der Waals surface area contributed by atoms with Gasteiger partial charge in [-0.25, -0.2) is 0 Å². The Morgan fingerprint density at radius 1 is 1.13 bits per heavy atom. The Labute approximate surface area is 88.5 Å². The monoisotopic (exact) mass is 276 g/mol. The number of rotatable bonds is 6. The highest BCUT2D eigenvalue weighted by molar-refractivity contribution is 7.70. The van der Waals surface area contributed by atoms with Crippen molar-refractivity contribution in [3.63, 3.8) is 0 Å². The predicted octanol–water partition coefficient (Wildman–Crippen LogP) is 0.500. The Bertz CT molecular complexity index is 295. The van der Waals surface area contributed by atoms with Crippen LogP contribution in [-0.4, -0.2) is 33.7 Å². The van der Waals surface area contributed by atoms with Crippen molar-refractivity contribution in [1.29, 1.82) is 0 Å². The van der Waals surface area contributed by atoms with Gasteiger partial charge >= 0.3 is 15.2 Å². The normalized spacial score (nSPS) is 13.2. The summed E-state index contributed by atoms with van der Waals surface area (Å²) in [6.45, 7) is 1.48. The van der Waals surface area contributed by atoms with Crippen LogP contribution in [-0.2, 0) is 13.6 Å². The summed E-state index contributed by atoms with van der Waals surface area (Å²) in [5.74, 6) is 0. The van der Waals surface area contributed by atoms with Crippen molar-refractivity contribution in [2.45, 2.75) is 30.8 Å². The fourth-order valence-electron chi connectivity index (χ4n) is 1.07. The van der Waals surface area contributed by atoms with Crippen LogP contribution < -0.4 is 0 Å². The summed E-state index contributed by atoms with van der Waals surface area (Å²) in [5.41, 5.74) is 0.